The number of hydrogen-bond donors (Lipinski definition) is 1. The Morgan fingerprint density at radius 1 is 1.19 bits per heavy atom. The number of benzene rings is 1. The first-order valence-electron chi connectivity index (χ1n) is 9.61. The molecule has 1 aromatic carbocycles. The van der Waals surface area contributed by atoms with E-state index in [9.17, 15) is 9.59 Å². The first kappa shape index (κ1) is 19.7. The third kappa shape index (κ3) is 5.01. The largest absolute Gasteiger partial charge is 0.451 e. The minimum atomic E-state index is -0.455. The molecule has 0 bridgehead atoms. The molecule has 3 rings (SSSR count). The van der Waals surface area contributed by atoms with Crippen molar-refractivity contribution in [3.8, 4) is 11.3 Å². The Labute approximate surface area is 165 Å². The van der Waals surface area contributed by atoms with Gasteiger partial charge in [0, 0.05) is 16.1 Å². The predicted molar refractivity (Wildman–Crippen MR) is 107 cm³/mol. The van der Waals surface area contributed by atoms with E-state index in [0.717, 1.165) is 24.0 Å². The second-order valence-corrected chi connectivity index (χ2v) is 7.94. The third-order valence-corrected chi connectivity index (χ3v) is 5.59. The van der Waals surface area contributed by atoms with Crippen molar-refractivity contribution in [2.45, 2.75) is 58.4 Å². The summed E-state index contributed by atoms with van der Waals surface area (Å²) in [6, 6.07) is 8.65. The monoisotopic (exact) mass is 387 g/mol. The molecule has 1 aliphatic rings. The third-order valence-electron chi connectivity index (χ3n) is 5.34. The summed E-state index contributed by atoms with van der Waals surface area (Å²) >= 11 is 5.93. The molecule has 5 heteroatoms. The molecule has 27 heavy (non-hydrogen) atoms. The summed E-state index contributed by atoms with van der Waals surface area (Å²) < 4.78 is 5.81. The smallest absolute Gasteiger partial charge is 0.287 e. The summed E-state index contributed by atoms with van der Waals surface area (Å²) in [5.41, 5.74) is 1.60. The molecular formula is C22H26ClNO3. The summed E-state index contributed by atoms with van der Waals surface area (Å²) in [4.78, 5) is 24.8. The Morgan fingerprint density at radius 3 is 2.48 bits per heavy atom. The highest BCUT2D eigenvalue weighted by atomic mass is 35.5. The maximum atomic E-state index is 12.7. The van der Waals surface area contributed by atoms with Crippen LogP contribution in [0.3, 0.4) is 0 Å². The fourth-order valence-electron chi connectivity index (χ4n) is 3.77. The van der Waals surface area contributed by atoms with Gasteiger partial charge in [0.25, 0.3) is 5.91 Å². The van der Waals surface area contributed by atoms with Gasteiger partial charge >= 0.3 is 0 Å². The molecule has 1 unspecified atom stereocenters. The second kappa shape index (κ2) is 8.75. The van der Waals surface area contributed by atoms with Crippen LogP contribution < -0.4 is 5.32 Å². The molecule has 0 radical (unpaired) electrons. The lowest BCUT2D eigenvalue weighted by molar-refractivity contribution is -0.119. The summed E-state index contributed by atoms with van der Waals surface area (Å²) in [5.74, 6) is 1.05. The van der Waals surface area contributed by atoms with E-state index in [1.807, 2.05) is 25.1 Å². The van der Waals surface area contributed by atoms with E-state index in [2.05, 4.69) is 5.32 Å². The molecule has 0 saturated heterocycles. The Bertz CT molecular complexity index is 803. The van der Waals surface area contributed by atoms with E-state index in [1.165, 1.54) is 19.3 Å². The van der Waals surface area contributed by atoms with Gasteiger partial charge in [0.1, 0.15) is 5.76 Å². The molecule has 4 nitrogen and oxygen atoms in total. The fraction of sp³-hybridized carbons (Fsp3) is 0.455. The maximum Gasteiger partial charge on any atom is 0.287 e. The molecule has 2 aromatic rings. The Morgan fingerprint density at radius 2 is 1.85 bits per heavy atom. The number of halogens is 1. The summed E-state index contributed by atoms with van der Waals surface area (Å²) in [7, 11) is 0. The minimum absolute atomic E-state index is 0.00365. The second-order valence-electron chi connectivity index (χ2n) is 7.51. The number of hydrogen-bond acceptors (Lipinski definition) is 3. The zero-order valence-corrected chi connectivity index (χ0v) is 16.6. The summed E-state index contributed by atoms with van der Waals surface area (Å²) in [6.07, 6.45) is 6.69. The van der Waals surface area contributed by atoms with Crippen molar-refractivity contribution in [1.29, 1.82) is 0 Å². The molecule has 1 aromatic heterocycles. The maximum absolute atomic E-state index is 12.7. The van der Waals surface area contributed by atoms with Crippen molar-refractivity contribution in [2.75, 3.05) is 0 Å². The molecule has 1 N–H and O–H groups in total. The molecule has 1 saturated carbocycles. The van der Waals surface area contributed by atoms with E-state index in [0.29, 0.717) is 23.1 Å². The number of Topliss-reactive ketones (excluding diaryl/α,β-unsaturated/α-hetero) is 1. The number of amides is 1. The number of ketones is 1. The molecule has 1 fully saturated rings. The van der Waals surface area contributed by atoms with Crippen LogP contribution in [0.2, 0.25) is 5.02 Å². The van der Waals surface area contributed by atoms with Crippen LogP contribution in [0.25, 0.3) is 11.3 Å². The topological polar surface area (TPSA) is 59.3 Å². The van der Waals surface area contributed by atoms with Crippen LogP contribution in [-0.2, 0) is 4.79 Å². The highest BCUT2D eigenvalue weighted by Gasteiger charge is 2.26. The molecule has 1 amide bonds. The summed E-state index contributed by atoms with van der Waals surface area (Å²) in [6.45, 7) is 3.38. The van der Waals surface area contributed by atoms with E-state index in [4.69, 9.17) is 16.0 Å². The number of carbonyl (C=O) groups is 2. The average molecular weight is 388 g/mol. The van der Waals surface area contributed by atoms with E-state index in [1.54, 1.807) is 19.1 Å². The van der Waals surface area contributed by atoms with Crippen molar-refractivity contribution in [1.82, 2.24) is 5.32 Å². The Balaban J connectivity index is 1.72. The van der Waals surface area contributed by atoms with Gasteiger partial charge in [0.2, 0.25) is 0 Å². The van der Waals surface area contributed by atoms with Gasteiger partial charge in [-0.05, 0) is 56.5 Å². The lowest BCUT2D eigenvalue weighted by Gasteiger charge is -2.25. The van der Waals surface area contributed by atoms with Crippen molar-refractivity contribution >= 4 is 23.3 Å². The van der Waals surface area contributed by atoms with Gasteiger partial charge in [-0.15, -0.1) is 0 Å². The lowest BCUT2D eigenvalue weighted by Crippen LogP contribution is -2.41. The zero-order valence-electron chi connectivity index (χ0n) is 15.9. The van der Waals surface area contributed by atoms with Gasteiger partial charge in [-0.3, -0.25) is 9.59 Å². The first-order chi connectivity index (χ1) is 12.9. The normalized spacial score (nSPS) is 16.1. The number of rotatable bonds is 6. The van der Waals surface area contributed by atoms with Gasteiger partial charge in [-0.2, -0.15) is 0 Å². The highest BCUT2D eigenvalue weighted by molar-refractivity contribution is 6.30. The number of aryl methyl sites for hydroxylation is 1. The number of furan rings is 1. The van der Waals surface area contributed by atoms with Crippen molar-refractivity contribution in [3.63, 3.8) is 0 Å². The lowest BCUT2D eigenvalue weighted by atomic mass is 9.84. The molecule has 144 valence electrons. The van der Waals surface area contributed by atoms with E-state index in [-0.39, 0.29) is 17.5 Å². The van der Waals surface area contributed by atoms with Gasteiger partial charge in [-0.1, -0.05) is 43.7 Å². The van der Waals surface area contributed by atoms with Crippen molar-refractivity contribution in [2.24, 2.45) is 5.92 Å². The molecule has 1 heterocycles. The highest BCUT2D eigenvalue weighted by Crippen LogP contribution is 2.29. The van der Waals surface area contributed by atoms with E-state index >= 15 is 0 Å². The average Bonchev–Trinajstić information content (AvgIpc) is 3.04. The van der Waals surface area contributed by atoms with Crippen LogP contribution in [0.1, 0.15) is 61.6 Å². The molecule has 0 aliphatic heterocycles. The van der Waals surface area contributed by atoms with Gasteiger partial charge in [0.15, 0.2) is 11.5 Å². The molecule has 0 spiro atoms. The first-order valence-corrected chi connectivity index (χ1v) is 9.99. The molecule has 1 atom stereocenters. The van der Waals surface area contributed by atoms with Gasteiger partial charge in [0.05, 0.1) is 6.04 Å². The zero-order chi connectivity index (χ0) is 19.4. The van der Waals surface area contributed by atoms with Crippen LogP contribution in [0.5, 0.6) is 0 Å². The predicted octanol–water partition coefficient (Wildman–Crippen LogP) is 5.57. The van der Waals surface area contributed by atoms with Crippen molar-refractivity contribution in [3.05, 3.63) is 46.7 Å². The van der Waals surface area contributed by atoms with Crippen LogP contribution in [0.15, 0.2) is 34.7 Å². The van der Waals surface area contributed by atoms with Crippen LogP contribution in [0, 0.1) is 12.8 Å². The Hall–Kier alpha value is -2.07. The molecule has 1 aliphatic carbocycles. The fourth-order valence-corrected chi connectivity index (χ4v) is 3.90. The minimum Gasteiger partial charge on any atom is -0.451 e. The van der Waals surface area contributed by atoms with Crippen LogP contribution in [0.4, 0.5) is 0 Å². The van der Waals surface area contributed by atoms with Crippen LogP contribution in [-0.4, -0.2) is 17.7 Å². The quantitative estimate of drug-likeness (QED) is 0.705. The van der Waals surface area contributed by atoms with Gasteiger partial charge < -0.3 is 9.73 Å². The molecular weight excluding hydrogens is 362 g/mol. The van der Waals surface area contributed by atoms with Gasteiger partial charge in [-0.25, -0.2) is 0 Å². The standard InChI is InChI=1S/C22H26ClNO3/c1-14-12-20(17-8-10-18(23)11-9-17)27-21(14)22(26)24-19(15(2)25)13-16-6-4-3-5-7-16/h8-12,16,19H,3-7,13H2,1-2H3,(H,24,26). The number of nitrogens with one attached hydrogen (secondary N) is 1. The number of carbonyl (C=O) groups excluding carboxylic acids is 2. The van der Waals surface area contributed by atoms with Crippen molar-refractivity contribution < 1.29 is 14.0 Å². The summed E-state index contributed by atoms with van der Waals surface area (Å²) in [5, 5.41) is 3.54. The van der Waals surface area contributed by atoms with E-state index < -0.39 is 6.04 Å². The SMILES string of the molecule is CC(=O)C(CC1CCCCC1)NC(=O)c1oc(-c2ccc(Cl)cc2)cc1C. The Kier molecular flexibility index (Phi) is 6.38. The van der Waals surface area contributed by atoms with Crippen LogP contribution >= 0.6 is 11.6 Å².